The number of carbonyl (C=O) groups excluding carboxylic acids is 3. The van der Waals surface area contributed by atoms with Crippen LogP contribution in [-0.4, -0.2) is 42.8 Å². The Bertz CT molecular complexity index is 1710. The number of nitrogens with zero attached hydrogens (tertiary/aromatic N) is 4. The van der Waals surface area contributed by atoms with Crippen LogP contribution in [0.25, 0.3) is 11.2 Å². The van der Waals surface area contributed by atoms with Crippen molar-refractivity contribution in [1.29, 1.82) is 0 Å². The number of hydrogen-bond acceptors (Lipinski definition) is 7. The van der Waals surface area contributed by atoms with Crippen LogP contribution in [0, 0.1) is 0 Å². The largest absolute Gasteiger partial charge is 0.460 e. The topological polar surface area (TPSA) is 122 Å². The number of rotatable bonds is 4. The molecule has 5 rings (SSSR count). The highest BCUT2D eigenvalue weighted by Crippen LogP contribution is 2.34. The molecule has 11 heteroatoms. The molecule has 0 saturated heterocycles. The summed E-state index contributed by atoms with van der Waals surface area (Å²) >= 11 is 6.41. The van der Waals surface area contributed by atoms with Gasteiger partial charge in [-0.15, -0.1) is 0 Å². The van der Waals surface area contributed by atoms with Gasteiger partial charge in [0.15, 0.2) is 22.7 Å². The molecule has 2 aromatic carbocycles. The van der Waals surface area contributed by atoms with Crippen LogP contribution < -0.4 is 11.2 Å². The maximum Gasteiger partial charge on any atom is 0.339 e. The lowest BCUT2D eigenvalue weighted by Gasteiger charge is -2.19. The summed E-state index contributed by atoms with van der Waals surface area (Å²) in [6, 6.07) is 9.16. The standard InChI is InChI=1S/C24H17ClN4O6/c1-27-21-18(22(32)28(2)24(27)34)29(11-26-21)9-10-35-23(33)15-8-7-14-16(17(15)25)20(31)13-6-4-3-5-12(13)19(14)30/h3-8,11H,9-10H2,1-2H3. The van der Waals surface area contributed by atoms with Crippen LogP contribution in [-0.2, 0) is 25.4 Å². The van der Waals surface area contributed by atoms with E-state index in [2.05, 4.69) is 4.98 Å². The van der Waals surface area contributed by atoms with Gasteiger partial charge in [0.1, 0.15) is 6.61 Å². The molecule has 2 aromatic heterocycles. The van der Waals surface area contributed by atoms with Crippen molar-refractivity contribution in [3.63, 3.8) is 0 Å². The molecule has 2 heterocycles. The Hall–Kier alpha value is -4.31. The number of aromatic nitrogens is 4. The lowest BCUT2D eigenvalue weighted by atomic mass is 9.83. The summed E-state index contributed by atoms with van der Waals surface area (Å²) < 4.78 is 9.04. The fraction of sp³-hybridized carbons (Fsp3) is 0.167. The molecule has 0 N–H and O–H groups in total. The number of aryl methyl sites for hydroxylation is 1. The molecule has 0 atom stereocenters. The van der Waals surface area contributed by atoms with Crippen LogP contribution in [0.1, 0.15) is 42.2 Å². The Labute approximate surface area is 201 Å². The van der Waals surface area contributed by atoms with E-state index in [0.717, 1.165) is 4.57 Å². The predicted octanol–water partition coefficient (Wildman–Crippen LogP) is 1.72. The third-order valence-corrected chi connectivity index (χ3v) is 6.43. The van der Waals surface area contributed by atoms with Crippen molar-refractivity contribution in [2.45, 2.75) is 6.54 Å². The second kappa shape index (κ2) is 8.17. The van der Waals surface area contributed by atoms with E-state index in [0.29, 0.717) is 0 Å². The molecule has 176 valence electrons. The van der Waals surface area contributed by atoms with Gasteiger partial charge in [-0.05, 0) is 12.1 Å². The van der Waals surface area contributed by atoms with Crippen LogP contribution in [0.15, 0.2) is 52.3 Å². The Kier molecular flexibility index (Phi) is 5.25. The summed E-state index contributed by atoms with van der Waals surface area (Å²) in [7, 11) is 2.87. The minimum atomic E-state index is -0.790. The average Bonchev–Trinajstić information content (AvgIpc) is 3.28. The Balaban J connectivity index is 1.40. The quantitative estimate of drug-likeness (QED) is 0.350. The van der Waals surface area contributed by atoms with Gasteiger partial charge in [-0.2, -0.15) is 0 Å². The molecule has 10 nitrogen and oxygen atoms in total. The third-order valence-electron chi connectivity index (χ3n) is 6.03. The first-order valence-corrected chi connectivity index (χ1v) is 10.9. The molecule has 0 saturated carbocycles. The molecule has 4 aromatic rings. The molecule has 0 radical (unpaired) electrons. The van der Waals surface area contributed by atoms with E-state index >= 15 is 0 Å². The van der Waals surface area contributed by atoms with E-state index in [1.54, 1.807) is 18.2 Å². The Morgan fingerprint density at radius 3 is 2.34 bits per heavy atom. The maximum absolute atomic E-state index is 13.0. The predicted molar refractivity (Wildman–Crippen MR) is 125 cm³/mol. The fourth-order valence-electron chi connectivity index (χ4n) is 4.18. The summed E-state index contributed by atoms with van der Waals surface area (Å²) in [4.78, 5) is 67.3. The van der Waals surface area contributed by atoms with Gasteiger partial charge < -0.3 is 9.30 Å². The van der Waals surface area contributed by atoms with Crippen molar-refractivity contribution in [1.82, 2.24) is 18.7 Å². The summed E-state index contributed by atoms with van der Waals surface area (Å²) in [6.45, 7) is -0.0531. The van der Waals surface area contributed by atoms with E-state index in [1.165, 1.54) is 47.8 Å². The maximum atomic E-state index is 13.0. The van der Waals surface area contributed by atoms with Crippen LogP contribution in [0.2, 0.25) is 5.02 Å². The third kappa shape index (κ3) is 3.33. The molecular weight excluding hydrogens is 476 g/mol. The van der Waals surface area contributed by atoms with Crippen molar-refractivity contribution in [3.05, 3.63) is 96.4 Å². The smallest absolute Gasteiger partial charge is 0.339 e. The van der Waals surface area contributed by atoms with Crippen LogP contribution >= 0.6 is 11.6 Å². The first-order valence-electron chi connectivity index (χ1n) is 10.5. The Morgan fingerprint density at radius 2 is 1.63 bits per heavy atom. The summed E-state index contributed by atoms with van der Waals surface area (Å²) in [5.41, 5.74) is -0.0694. The minimum absolute atomic E-state index is 0.0326. The molecule has 0 amide bonds. The molecule has 0 unspecified atom stereocenters. The van der Waals surface area contributed by atoms with Gasteiger partial charge in [-0.25, -0.2) is 14.6 Å². The first kappa shape index (κ1) is 22.5. The van der Waals surface area contributed by atoms with Gasteiger partial charge >= 0.3 is 11.7 Å². The summed E-state index contributed by atoms with van der Waals surface area (Å²) in [5.74, 6) is -1.58. The van der Waals surface area contributed by atoms with E-state index in [9.17, 15) is 24.0 Å². The highest BCUT2D eigenvalue weighted by Gasteiger charge is 2.33. The first-order chi connectivity index (χ1) is 16.7. The number of benzene rings is 2. The zero-order chi connectivity index (χ0) is 25.0. The summed E-state index contributed by atoms with van der Waals surface area (Å²) in [6.07, 6.45) is 1.38. The minimum Gasteiger partial charge on any atom is -0.460 e. The normalized spacial score (nSPS) is 12.5. The molecular formula is C24H17ClN4O6. The monoisotopic (exact) mass is 492 g/mol. The van der Waals surface area contributed by atoms with Crippen molar-refractivity contribution >= 4 is 40.3 Å². The number of halogens is 1. The van der Waals surface area contributed by atoms with Gasteiger partial charge in [0.2, 0.25) is 0 Å². The molecule has 1 aliphatic carbocycles. The van der Waals surface area contributed by atoms with Crippen molar-refractivity contribution < 1.29 is 19.1 Å². The molecule has 1 aliphatic rings. The van der Waals surface area contributed by atoms with Gasteiger partial charge in [-0.3, -0.25) is 23.5 Å². The summed E-state index contributed by atoms with van der Waals surface area (Å²) in [5, 5.41) is -0.155. The van der Waals surface area contributed by atoms with E-state index in [-0.39, 0.29) is 62.9 Å². The van der Waals surface area contributed by atoms with Gasteiger partial charge in [0.05, 0.1) is 29.0 Å². The zero-order valence-electron chi connectivity index (χ0n) is 18.6. The van der Waals surface area contributed by atoms with E-state index in [4.69, 9.17) is 16.3 Å². The number of fused-ring (bicyclic) bond motifs is 3. The molecule has 0 fully saturated rings. The lowest BCUT2D eigenvalue weighted by molar-refractivity contribution is 0.0492. The molecule has 0 bridgehead atoms. The van der Waals surface area contributed by atoms with E-state index in [1.807, 2.05) is 0 Å². The van der Waals surface area contributed by atoms with Gasteiger partial charge in [0, 0.05) is 30.8 Å². The number of hydrogen-bond donors (Lipinski definition) is 0. The van der Waals surface area contributed by atoms with Crippen molar-refractivity contribution in [2.24, 2.45) is 14.1 Å². The zero-order valence-corrected chi connectivity index (χ0v) is 19.3. The van der Waals surface area contributed by atoms with Crippen molar-refractivity contribution in [3.8, 4) is 0 Å². The molecule has 35 heavy (non-hydrogen) atoms. The highest BCUT2D eigenvalue weighted by molar-refractivity contribution is 6.41. The lowest BCUT2D eigenvalue weighted by Crippen LogP contribution is -2.37. The van der Waals surface area contributed by atoms with E-state index < -0.39 is 23.0 Å². The fourth-order valence-corrected chi connectivity index (χ4v) is 4.51. The second-order valence-corrected chi connectivity index (χ2v) is 8.38. The SMILES string of the molecule is Cn1c(=O)c2c(ncn2CCOC(=O)c2ccc3c(c2Cl)C(=O)c2ccccc2C3=O)n(C)c1=O. The average molecular weight is 493 g/mol. The molecule has 0 aliphatic heterocycles. The second-order valence-electron chi connectivity index (χ2n) is 8.01. The Morgan fingerprint density at radius 1 is 0.943 bits per heavy atom. The number of ether oxygens (including phenoxy) is 1. The van der Waals surface area contributed by atoms with Crippen LogP contribution in [0.3, 0.4) is 0 Å². The van der Waals surface area contributed by atoms with Gasteiger partial charge in [-0.1, -0.05) is 35.9 Å². The number of carbonyl (C=O) groups is 3. The number of esters is 1. The van der Waals surface area contributed by atoms with Crippen LogP contribution in [0.4, 0.5) is 0 Å². The molecule has 0 spiro atoms. The number of ketones is 2. The van der Waals surface area contributed by atoms with Crippen molar-refractivity contribution in [2.75, 3.05) is 6.61 Å². The van der Waals surface area contributed by atoms with Crippen LogP contribution in [0.5, 0.6) is 0 Å². The number of imidazole rings is 1. The highest BCUT2D eigenvalue weighted by atomic mass is 35.5. The van der Waals surface area contributed by atoms with Gasteiger partial charge in [0.25, 0.3) is 5.56 Å².